The van der Waals surface area contributed by atoms with E-state index in [0.29, 0.717) is 34.2 Å². The quantitative estimate of drug-likeness (QED) is 0.405. The zero-order valence-electron chi connectivity index (χ0n) is 16.0. The van der Waals surface area contributed by atoms with E-state index in [0.717, 1.165) is 20.8 Å². The lowest BCUT2D eigenvalue weighted by Gasteiger charge is -2.10. The standard InChI is InChI=1S/C23H19BrN2O3/c1-27-21-9-7-14(11-23(21)28-2)22-13-19(26-18-6-4-3-5-17(18)25)16-12-15(24)8-10-20(16)29-22/h3-13H,25H2,1-2H3. The van der Waals surface area contributed by atoms with Gasteiger partial charge in [0.25, 0.3) is 0 Å². The number of methoxy groups -OCH3 is 2. The summed E-state index contributed by atoms with van der Waals surface area (Å²) in [4.78, 5) is 4.81. The number of anilines is 1. The minimum Gasteiger partial charge on any atom is -0.493 e. The van der Waals surface area contributed by atoms with Crippen LogP contribution in [0.3, 0.4) is 0 Å². The lowest BCUT2D eigenvalue weighted by molar-refractivity contribution is 0.355. The van der Waals surface area contributed by atoms with Crippen LogP contribution >= 0.6 is 15.9 Å². The zero-order chi connectivity index (χ0) is 20.4. The maximum Gasteiger partial charge on any atom is 0.161 e. The van der Waals surface area contributed by atoms with Crippen molar-refractivity contribution in [3.8, 4) is 22.8 Å². The summed E-state index contributed by atoms with van der Waals surface area (Å²) in [5.74, 6) is 1.94. The number of para-hydroxylation sites is 2. The number of rotatable bonds is 4. The molecule has 0 aliphatic carbocycles. The fraction of sp³-hybridized carbons (Fsp3) is 0.0870. The van der Waals surface area contributed by atoms with Crippen molar-refractivity contribution in [3.63, 3.8) is 0 Å². The first-order chi connectivity index (χ1) is 14.1. The number of fused-ring (bicyclic) bond motifs is 1. The van der Waals surface area contributed by atoms with Crippen molar-refractivity contribution < 1.29 is 13.9 Å². The van der Waals surface area contributed by atoms with Gasteiger partial charge in [-0.3, -0.25) is 0 Å². The van der Waals surface area contributed by atoms with Gasteiger partial charge in [-0.2, -0.15) is 0 Å². The fourth-order valence-electron chi connectivity index (χ4n) is 3.08. The summed E-state index contributed by atoms with van der Waals surface area (Å²) >= 11 is 3.53. The van der Waals surface area contributed by atoms with Crippen LogP contribution in [0.4, 0.5) is 11.4 Å². The third-order valence-electron chi connectivity index (χ3n) is 4.55. The third-order valence-corrected chi connectivity index (χ3v) is 5.04. The SMILES string of the molecule is COc1ccc(-c2cc(=Nc3ccccc3N)c3cc(Br)ccc3o2)cc1OC. The molecule has 146 valence electrons. The highest BCUT2D eigenvalue weighted by Crippen LogP contribution is 2.33. The summed E-state index contributed by atoms with van der Waals surface area (Å²) in [6.07, 6.45) is 0. The van der Waals surface area contributed by atoms with Crippen molar-refractivity contribution in [2.75, 3.05) is 20.0 Å². The summed E-state index contributed by atoms with van der Waals surface area (Å²) < 4.78 is 17.9. The van der Waals surface area contributed by atoms with Gasteiger partial charge in [-0.05, 0) is 48.5 Å². The van der Waals surface area contributed by atoms with Crippen molar-refractivity contribution in [3.05, 3.63) is 76.6 Å². The average molecular weight is 451 g/mol. The molecule has 0 aliphatic heterocycles. The molecule has 0 amide bonds. The summed E-state index contributed by atoms with van der Waals surface area (Å²) in [7, 11) is 3.21. The molecule has 3 aromatic carbocycles. The number of benzene rings is 3. The van der Waals surface area contributed by atoms with E-state index in [9.17, 15) is 0 Å². The van der Waals surface area contributed by atoms with Gasteiger partial charge in [-0.1, -0.05) is 28.1 Å². The van der Waals surface area contributed by atoms with Gasteiger partial charge in [-0.15, -0.1) is 0 Å². The molecular weight excluding hydrogens is 432 g/mol. The molecule has 4 rings (SSSR count). The summed E-state index contributed by atoms with van der Waals surface area (Å²) in [6.45, 7) is 0. The number of halogens is 1. The van der Waals surface area contributed by atoms with E-state index in [4.69, 9.17) is 24.6 Å². The van der Waals surface area contributed by atoms with Crippen LogP contribution in [0.2, 0.25) is 0 Å². The predicted molar refractivity (Wildman–Crippen MR) is 119 cm³/mol. The first-order valence-corrected chi connectivity index (χ1v) is 9.73. The van der Waals surface area contributed by atoms with Crippen LogP contribution in [0, 0.1) is 0 Å². The van der Waals surface area contributed by atoms with Gasteiger partial charge >= 0.3 is 0 Å². The molecule has 0 saturated carbocycles. The van der Waals surface area contributed by atoms with Crippen LogP contribution < -0.4 is 20.6 Å². The van der Waals surface area contributed by atoms with Crippen LogP contribution in [0.1, 0.15) is 0 Å². The molecule has 0 fully saturated rings. The number of hydrogen-bond donors (Lipinski definition) is 1. The van der Waals surface area contributed by atoms with Gasteiger partial charge in [0.15, 0.2) is 11.5 Å². The molecule has 0 spiro atoms. The molecule has 0 unspecified atom stereocenters. The molecule has 1 aromatic heterocycles. The fourth-order valence-corrected chi connectivity index (χ4v) is 3.45. The molecule has 0 atom stereocenters. The molecular formula is C23H19BrN2O3. The summed E-state index contributed by atoms with van der Waals surface area (Å²) in [6, 6.07) is 20.9. The molecule has 6 heteroatoms. The molecule has 5 nitrogen and oxygen atoms in total. The third kappa shape index (κ3) is 3.84. The molecule has 29 heavy (non-hydrogen) atoms. The van der Waals surface area contributed by atoms with Gasteiger partial charge in [-0.25, -0.2) is 4.99 Å². The molecule has 0 bridgehead atoms. The summed E-state index contributed by atoms with van der Waals surface area (Å²) in [5.41, 5.74) is 8.99. The average Bonchev–Trinajstić information content (AvgIpc) is 2.75. The first kappa shape index (κ1) is 19.1. The Morgan fingerprint density at radius 2 is 1.69 bits per heavy atom. The lowest BCUT2D eigenvalue weighted by atomic mass is 10.1. The Kier molecular flexibility index (Phi) is 5.27. The second kappa shape index (κ2) is 8.01. The molecule has 2 N–H and O–H groups in total. The van der Waals surface area contributed by atoms with E-state index in [-0.39, 0.29) is 0 Å². The Labute approximate surface area is 176 Å². The number of ether oxygens (including phenoxy) is 2. The monoisotopic (exact) mass is 450 g/mol. The minimum atomic E-state index is 0.615. The first-order valence-electron chi connectivity index (χ1n) is 8.94. The van der Waals surface area contributed by atoms with Crippen LogP contribution in [-0.4, -0.2) is 14.2 Å². The zero-order valence-corrected chi connectivity index (χ0v) is 17.6. The number of nitrogens with zero attached hydrogens (tertiary/aromatic N) is 1. The Hall–Kier alpha value is -3.25. The van der Waals surface area contributed by atoms with Gasteiger partial charge < -0.3 is 19.6 Å². The van der Waals surface area contributed by atoms with Crippen LogP contribution in [0.15, 0.2) is 80.6 Å². The Balaban J connectivity index is 1.98. The van der Waals surface area contributed by atoms with Crippen molar-refractivity contribution in [1.82, 2.24) is 0 Å². The van der Waals surface area contributed by atoms with E-state index < -0.39 is 0 Å². The highest BCUT2D eigenvalue weighted by atomic mass is 79.9. The Bertz CT molecular complexity index is 1260. The smallest absolute Gasteiger partial charge is 0.161 e. The maximum atomic E-state index is 6.18. The van der Waals surface area contributed by atoms with Crippen molar-refractivity contribution in [1.29, 1.82) is 0 Å². The Morgan fingerprint density at radius 1 is 0.897 bits per heavy atom. The second-order valence-corrected chi connectivity index (χ2v) is 7.29. The normalized spacial score (nSPS) is 11.6. The van der Waals surface area contributed by atoms with Gasteiger partial charge in [0.2, 0.25) is 0 Å². The Morgan fingerprint density at radius 3 is 2.45 bits per heavy atom. The largest absolute Gasteiger partial charge is 0.493 e. The van der Waals surface area contributed by atoms with E-state index in [2.05, 4.69) is 15.9 Å². The molecule has 4 aromatic rings. The predicted octanol–water partition coefficient (Wildman–Crippen LogP) is 5.69. The highest BCUT2D eigenvalue weighted by molar-refractivity contribution is 9.10. The van der Waals surface area contributed by atoms with Crippen molar-refractivity contribution in [2.24, 2.45) is 4.99 Å². The van der Waals surface area contributed by atoms with Gasteiger partial charge in [0.1, 0.15) is 11.3 Å². The van der Waals surface area contributed by atoms with Crippen LogP contribution in [0.5, 0.6) is 11.5 Å². The van der Waals surface area contributed by atoms with E-state index in [1.165, 1.54) is 0 Å². The minimum absolute atomic E-state index is 0.615. The van der Waals surface area contributed by atoms with Gasteiger partial charge in [0, 0.05) is 21.5 Å². The maximum absolute atomic E-state index is 6.18. The number of nitrogen functional groups attached to an aromatic ring is 1. The molecule has 1 heterocycles. The highest BCUT2D eigenvalue weighted by Gasteiger charge is 2.11. The topological polar surface area (TPSA) is 70.0 Å². The van der Waals surface area contributed by atoms with E-state index in [1.807, 2.05) is 66.7 Å². The van der Waals surface area contributed by atoms with Crippen LogP contribution in [-0.2, 0) is 0 Å². The summed E-state index contributed by atoms with van der Waals surface area (Å²) in [5, 5.41) is 1.64. The van der Waals surface area contributed by atoms with Crippen molar-refractivity contribution >= 4 is 38.3 Å². The van der Waals surface area contributed by atoms with E-state index >= 15 is 0 Å². The van der Waals surface area contributed by atoms with Gasteiger partial charge in [0.05, 0.1) is 31.0 Å². The lowest BCUT2D eigenvalue weighted by Crippen LogP contribution is -2.04. The second-order valence-electron chi connectivity index (χ2n) is 6.38. The molecule has 0 saturated heterocycles. The van der Waals surface area contributed by atoms with Crippen molar-refractivity contribution in [2.45, 2.75) is 0 Å². The van der Waals surface area contributed by atoms with E-state index in [1.54, 1.807) is 14.2 Å². The molecule has 0 radical (unpaired) electrons. The number of hydrogen-bond acceptors (Lipinski definition) is 5. The number of nitrogens with two attached hydrogens (primary N) is 1. The van der Waals surface area contributed by atoms with Crippen LogP contribution in [0.25, 0.3) is 22.3 Å². The molecule has 0 aliphatic rings.